The number of fused-ring (bicyclic) bond motifs is 3. The van der Waals surface area contributed by atoms with Gasteiger partial charge >= 0.3 is 0 Å². The average Bonchev–Trinajstić information content (AvgIpc) is 2.98. The minimum Gasteiger partial charge on any atom is -0.352 e. The molecule has 4 rings (SSSR count). The number of nitrogens with one attached hydrogen (secondary N) is 1. The minimum atomic E-state index is 0.0167. The van der Waals surface area contributed by atoms with Crippen molar-refractivity contribution in [1.82, 2.24) is 14.9 Å². The fourth-order valence-electron chi connectivity index (χ4n) is 3.29. The molecule has 4 heteroatoms. The van der Waals surface area contributed by atoms with E-state index in [9.17, 15) is 4.79 Å². The first-order valence-electron chi connectivity index (χ1n) is 8.07. The number of hydrogen-bond acceptors (Lipinski definition) is 2. The standard InChI is InChI=1S/C19H19N3O/c23-19(20-13-14-6-2-1-3-7-14)15-10-11-22-17-9-5-4-8-16(17)21-18(22)12-15/h1-9,15H,10-13H2,(H,20,23). The second-order valence-electron chi connectivity index (χ2n) is 6.06. The Bertz CT molecular complexity index is 838. The zero-order valence-corrected chi connectivity index (χ0v) is 12.9. The number of rotatable bonds is 3. The molecule has 2 heterocycles. The van der Waals surface area contributed by atoms with Gasteiger partial charge in [0.1, 0.15) is 5.82 Å². The summed E-state index contributed by atoms with van der Waals surface area (Å²) in [5, 5.41) is 3.06. The molecule has 1 aliphatic rings. The number of carbonyl (C=O) groups is 1. The van der Waals surface area contributed by atoms with Crippen molar-refractivity contribution in [2.24, 2.45) is 5.92 Å². The van der Waals surface area contributed by atoms with E-state index in [1.54, 1.807) is 0 Å². The van der Waals surface area contributed by atoms with Crippen LogP contribution in [0.5, 0.6) is 0 Å². The Morgan fingerprint density at radius 2 is 1.91 bits per heavy atom. The molecule has 1 N–H and O–H groups in total. The van der Waals surface area contributed by atoms with Crippen LogP contribution < -0.4 is 5.32 Å². The highest BCUT2D eigenvalue weighted by Crippen LogP contribution is 2.25. The number of benzene rings is 2. The van der Waals surface area contributed by atoms with Gasteiger partial charge in [-0.2, -0.15) is 0 Å². The minimum absolute atomic E-state index is 0.0167. The fourth-order valence-corrected chi connectivity index (χ4v) is 3.29. The van der Waals surface area contributed by atoms with E-state index in [0.29, 0.717) is 6.54 Å². The Hall–Kier alpha value is -2.62. The van der Waals surface area contributed by atoms with E-state index in [0.717, 1.165) is 36.3 Å². The molecule has 0 fully saturated rings. The van der Waals surface area contributed by atoms with Crippen LogP contribution in [-0.2, 0) is 24.3 Å². The average molecular weight is 305 g/mol. The van der Waals surface area contributed by atoms with E-state index in [-0.39, 0.29) is 11.8 Å². The zero-order chi connectivity index (χ0) is 15.6. The fraction of sp³-hybridized carbons (Fsp3) is 0.263. The second-order valence-corrected chi connectivity index (χ2v) is 6.06. The summed E-state index contributed by atoms with van der Waals surface area (Å²) in [4.78, 5) is 17.1. The first-order chi connectivity index (χ1) is 11.3. The molecule has 0 saturated carbocycles. The summed E-state index contributed by atoms with van der Waals surface area (Å²) < 4.78 is 2.25. The molecule has 3 aromatic rings. The third kappa shape index (κ3) is 2.72. The van der Waals surface area contributed by atoms with Gasteiger partial charge in [0.05, 0.1) is 11.0 Å². The Labute approximate surface area is 135 Å². The molecule has 0 bridgehead atoms. The van der Waals surface area contributed by atoms with Crippen LogP contribution in [0.2, 0.25) is 0 Å². The summed E-state index contributed by atoms with van der Waals surface area (Å²) in [6.45, 7) is 1.45. The maximum atomic E-state index is 12.4. The summed E-state index contributed by atoms with van der Waals surface area (Å²) >= 11 is 0. The molecule has 0 aliphatic carbocycles. The number of amides is 1. The van der Waals surface area contributed by atoms with Gasteiger partial charge in [-0.15, -0.1) is 0 Å². The molecule has 4 nitrogen and oxygen atoms in total. The maximum absolute atomic E-state index is 12.4. The highest BCUT2D eigenvalue weighted by molar-refractivity contribution is 5.80. The maximum Gasteiger partial charge on any atom is 0.223 e. The monoisotopic (exact) mass is 305 g/mol. The van der Waals surface area contributed by atoms with Gasteiger partial charge in [-0.25, -0.2) is 4.98 Å². The number of aryl methyl sites for hydroxylation is 1. The van der Waals surface area contributed by atoms with E-state index in [4.69, 9.17) is 0 Å². The van der Waals surface area contributed by atoms with Crippen molar-refractivity contribution in [3.05, 3.63) is 66.0 Å². The van der Waals surface area contributed by atoms with Crippen molar-refractivity contribution in [3.8, 4) is 0 Å². The SMILES string of the molecule is O=C(NCc1ccccc1)C1CCn2c(nc3ccccc32)C1. The van der Waals surface area contributed by atoms with Crippen molar-refractivity contribution in [1.29, 1.82) is 0 Å². The van der Waals surface area contributed by atoms with Crippen LogP contribution >= 0.6 is 0 Å². The number of carbonyl (C=O) groups excluding carboxylic acids is 1. The Morgan fingerprint density at radius 1 is 1.13 bits per heavy atom. The highest BCUT2D eigenvalue weighted by atomic mass is 16.1. The Kier molecular flexibility index (Phi) is 3.58. The predicted molar refractivity (Wildman–Crippen MR) is 89.8 cm³/mol. The summed E-state index contributed by atoms with van der Waals surface area (Å²) in [5.41, 5.74) is 3.32. The molecule has 1 aromatic heterocycles. The molecule has 0 spiro atoms. The van der Waals surface area contributed by atoms with Gasteiger partial charge in [0.25, 0.3) is 0 Å². The molecule has 0 saturated heterocycles. The highest BCUT2D eigenvalue weighted by Gasteiger charge is 2.26. The van der Waals surface area contributed by atoms with Gasteiger partial charge in [0.15, 0.2) is 0 Å². The quantitative estimate of drug-likeness (QED) is 0.809. The van der Waals surface area contributed by atoms with E-state index >= 15 is 0 Å². The van der Waals surface area contributed by atoms with Crippen LogP contribution in [0.4, 0.5) is 0 Å². The van der Waals surface area contributed by atoms with Crippen molar-refractivity contribution < 1.29 is 4.79 Å². The van der Waals surface area contributed by atoms with E-state index < -0.39 is 0 Å². The second kappa shape index (κ2) is 5.88. The third-order valence-electron chi connectivity index (χ3n) is 4.54. The molecule has 1 atom stereocenters. The lowest BCUT2D eigenvalue weighted by Gasteiger charge is -2.23. The van der Waals surface area contributed by atoms with Crippen LogP contribution in [0.15, 0.2) is 54.6 Å². The number of nitrogens with zero attached hydrogens (tertiary/aromatic N) is 2. The van der Waals surface area contributed by atoms with E-state index in [1.165, 1.54) is 5.52 Å². The van der Waals surface area contributed by atoms with E-state index in [1.807, 2.05) is 48.5 Å². The van der Waals surface area contributed by atoms with Crippen molar-refractivity contribution in [3.63, 3.8) is 0 Å². The van der Waals surface area contributed by atoms with Gasteiger partial charge in [0, 0.05) is 25.4 Å². The van der Waals surface area contributed by atoms with Crippen LogP contribution in [0.1, 0.15) is 17.8 Å². The van der Waals surface area contributed by atoms with E-state index in [2.05, 4.69) is 20.9 Å². The largest absolute Gasteiger partial charge is 0.352 e. The normalized spacial score (nSPS) is 17.0. The predicted octanol–water partition coefficient (Wildman–Crippen LogP) is 2.92. The first-order valence-corrected chi connectivity index (χ1v) is 8.07. The smallest absolute Gasteiger partial charge is 0.223 e. The molecule has 0 radical (unpaired) electrons. The number of para-hydroxylation sites is 2. The van der Waals surface area contributed by atoms with Gasteiger partial charge in [-0.3, -0.25) is 4.79 Å². The Balaban J connectivity index is 1.46. The van der Waals surface area contributed by atoms with Gasteiger partial charge < -0.3 is 9.88 Å². The summed E-state index contributed by atoms with van der Waals surface area (Å²) in [6.07, 6.45) is 1.59. The van der Waals surface area contributed by atoms with Gasteiger partial charge in [-0.1, -0.05) is 42.5 Å². The van der Waals surface area contributed by atoms with Crippen molar-refractivity contribution in [2.45, 2.75) is 25.9 Å². The number of imidazole rings is 1. The lowest BCUT2D eigenvalue weighted by atomic mass is 9.96. The summed E-state index contributed by atoms with van der Waals surface area (Å²) in [5.74, 6) is 1.17. The lowest BCUT2D eigenvalue weighted by molar-refractivity contribution is -0.125. The Morgan fingerprint density at radius 3 is 2.78 bits per heavy atom. The summed E-state index contributed by atoms with van der Waals surface area (Å²) in [7, 11) is 0. The summed E-state index contributed by atoms with van der Waals surface area (Å²) in [6, 6.07) is 18.2. The molecule has 23 heavy (non-hydrogen) atoms. The van der Waals surface area contributed by atoms with Crippen LogP contribution in [0.25, 0.3) is 11.0 Å². The molecule has 1 unspecified atom stereocenters. The molecular weight excluding hydrogens is 286 g/mol. The lowest BCUT2D eigenvalue weighted by Crippen LogP contribution is -2.35. The van der Waals surface area contributed by atoms with Crippen LogP contribution in [0.3, 0.4) is 0 Å². The van der Waals surface area contributed by atoms with Crippen molar-refractivity contribution in [2.75, 3.05) is 0 Å². The number of aromatic nitrogens is 2. The van der Waals surface area contributed by atoms with Crippen LogP contribution in [-0.4, -0.2) is 15.5 Å². The van der Waals surface area contributed by atoms with Gasteiger partial charge in [0.2, 0.25) is 5.91 Å². The molecule has 2 aromatic carbocycles. The van der Waals surface area contributed by atoms with Crippen molar-refractivity contribution >= 4 is 16.9 Å². The molecule has 116 valence electrons. The van der Waals surface area contributed by atoms with Crippen LogP contribution in [0, 0.1) is 5.92 Å². The molecule has 1 amide bonds. The first kappa shape index (κ1) is 14.0. The van der Waals surface area contributed by atoms with Gasteiger partial charge in [-0.05, 0) is 24.1 Å². The zero-order valence-electron chi connectivity index (χ0n) is 12.9. The topological polar surface area (TPSA) is 46.9 Å². The third-order valence-corrected chi connectivity index (χ3v) is 4.54. The molecular formula is C19H19N3O. The molecule has 1 aliphatic heterocycles. The number of hydrogen-bond donors (Lipinski definition) is 1.